The van der Waals surface area contributed by atoms with Crippen LogP contribution in [0.2, 0.25) is 0 Å². The minimum atomic E-state index is -0.784. The van der Waals surface area contributed by atoms with Gasteiger partial charge in [0.1, 0.15) is 24.2 Å². The van der Waals surface area contributed by atoms with E-state index in [1.54, 1.807) is 55.8 Å². The fraction of sp³-hybridized carbons (Fsp3) is 0.190. The number of imidazole rings is 1. The van der Waals surface area contributed by atoms with Gasteiger partial charge in [-0.1, -0.05) is 24.3 Å². The molecule has 0 aliphatic heterocycles. The Morgan fingerprint density at radius 3 is 2.71 bits per heavy atom. The second-order valence-corrected chi connectivity index (χ2v) is 6.00. The van der Waals surface area contributed by atoms with E-state index < -0.39 is 6.10 Å². The molecule has 1 amide bonds. The lowest BCUT2D eigenvalue weighted by molar-refractivity contribution is -0.122. The number of hydrogen-bond donors (Lipinski definition) is 1. The van der Waals surface area contributed by atoms with Gasteiger partial charge in [-0.3, -0.25) is 4.79 Å². The highest BCUT2D eigenvalue weighted by Crippen LogP contribution is 2.25. The van der Waals surface area contributed by atoms with E-state index in [1.807, 2.05) is 22.9 Å². The van der Waals surface area contributed by atoms with Gasteiger partial charge in [0, 0.05) is 12.4 Å². The Hall–Kier alpha value is -3.79. The van der Waals surface area contributed by atoms with Crippen LogP contribution in [0.25, 0.3) is 0 Å². The summed E-state index contributed by atoms with van der Waals surface area (Å²) >= 11 is 0. The van der Waals surface area contributed by atoms with Crippen molar-refractivity contribution >= 4 is 11.6 Å². The maximum absolute atomic E-state index is 12.5. The number of benzene rings is 2. The van der Waals surface area contributed by atoms with Gasteiger partial charge in [-0.05, 0) is 31.2 Å². The lowest BCUT2D eigenvalue weighted by Crippen LogP contribution is -2.30. The fourth-order valence-electron chi connectivity index (χ4n) is 2.52. The molecule has 1 heterocycles. The third kappa shape index (κ3) is 4.89. The molecule has 0 aliphatic rings. The summed E-state index contributed by atoms with van der Waals surface area (Å²) in [7, 11) is 0. The molecule has 0 saturated heterocycles. The molecule has 0 spiro atoms. The fourth-order valence-corrected chi connectivity index (χ4v) is 2.52. The molecule has 0 fully saturated rings. The van der Waals surface area contributed by atoms with Crippen molar-refractivity contribution in [2.24, 2.45) is 0 Å². The standard InChI is InChI=1S/C21H20N4O3/c1-16(28-19-8-4-2-6-17(19)14-22)21(26)24-18-7-3-5-9-20(18)27-13-12-25-11-10-23-15-25/h2-11,15-16H,12-13H2,1H3,(H,24,26). The van der Waals surface area contributed by atoms with Crippen molar-refractivity contribution in [3.8, 4) is 17.6 Å². The first-order valence-corrected chi connectivity index (χ1v) is 8.81. The maximum atomic E-state index is 12.5. The van der Waals surface area contributed by atoms with Crippen LogP contribution in [0.5, 0.6) is 11.5 Å². The van der Waals surface area contributed by atoms with Crippen molar-refractivity contribution in [1.82, 2.24) is 9.55 Å². The van der Waals surface area contributed by atoms with Gasteiger partial charge < -0.3 is 19.4 Å². The average Bonchev–Trinajstić information content (AvgIpc) is 3.23. The predicted molar refractivity (Wildman–Crippen MR) is 104 cm³/mol. The first-order valence-electron chi connectivity index (χ1n) is 8.81. The number of aromatic nitrogens is 2. The molecule has 0 aliphatic carbocycles. The smallest absolute Gasteiger partial charge is 0.265 e. The molecular weight excluding hydrogens is 356 g/mol. The van der Waals surface area contributed by atoms with E-state index in [0.717, 1.165) is 0 Å². The lowest BCUT2D eigenvalue weighted by atomic mass is 10.2. The molecule has 7 heteroatoms. The molecule has 1 atom stereocenters. The Morgan fingerprint density at radius 1 is 1.21 bits per heavy atom. The number of rotatable bonds is 8. The van der Waals surface area contributed by atoms with Gasteiger partial charge in [0.2, 0.25) is 0 Å². The lowest BCUT2D eigenvalue weighted by Gasteiger charge is -2.17. The molecule has 7 nitrogen and oxygen atoms in total. The molecule has 0 bridgehead atoms. The highest BCUT2D eigenvalue weighted by atomic mass is 16.5. The summed E-state index contributed by atoms with van der Waals surface area (Å²) in [4.78, 5) is 16.5. The Balaban J connectivity index is 1.61. The average molecular weight is 376 g/mol. The Labute approximate surface area is 163 Å². The number of anilines is 1. The van der Waals surface area contributed by atoms with Crippen LogP contribution in [0.3, 0.4) is 0 Å². The molecule has 3 aromatic rings. The van der Waals surface area contributed by atoms with Crippen LogP contribution in [0.1, 0.15) is 12.5 Å². The van der Waals surface area contributed by atoms with Crippen molar-refractivity contribution in [3.05, 3.63) is 72.8 Å². The number of nitriles is 1. The predicted octanol–water partition coefficient (Wildman–Crippen LogP) is 3.24. The molecule has 0 saturated carbocycles. The zero-order chi connectivity index (χ0) is 19.8. The molecule has 1 N–H and O–H groups in total. The second kappa shape index (κ2) is 9.24. The van der Waals surface area contributed by atoms with Gasteiger partial charge in [0.05, 0.1) is 24.1 Å². The van der Waals surface area contributed by atoms with Gasteiger partial charge in [-0.25, -0.2) is 4.98 Å². The van der Waals surface area contributed by atoms with E-state index in [2.05, 4.69) is 16.4 Å². The van der Waals surface area contributed by atoms with Crippen LogP contribution in [0, 0.1) is 11.3 Å². The highest BCUT2D eigenvalue weighted by molar-refractivity contribution is 5.95. The summed E-state index contributed by atoms with van der Waals surface area (Å²) in [5.74, 6) is 0.608. The number of carbonyl (C=O) groups excluding carboxylic acids is 1. The third-order valence-electron chi connectivity index (χ3n) is 3.99. The number of carbonyl (C=O) groups is 1. The summed E-state index contributed by atoms with van der Waals surface area (Å²) in [5.41, 5.74) is 0.938. The molecule has 1 aromatic heterocycles. The number of nitrogens with zero attached hydrogens (tertiary/aromatic N) is 3. The van der Waals surface area contributed by atoms with Crippen molar-refractivity contribution in [1.29, 1.82) is 5.26 Å². The Morgan fingerprint density at radius 2 is 1.96 bits per heavy atom. The van der Waals surface area contributed by atoms with Crippen molar-refractivity contribution in [3.63, 3.8) is 0 Å². The minimum Gasteiger partial charge on any atom is -0.490 e. The van der Waals surface area contributed by atoms with Crippen molar-refractivity contribution in [2.45, 2.75) is 19.6 Å². The summed E-state index contributed by atoms with van der Waals surface area (Å²) in [6, 6.07) is 16.1. The van der Waals surface area contributed by atoms with E-state index >= 15 is 0 Å². The largest absolute Gasteiger partial charge is 0.490 e. The van der Waals surface area contributed by atoms with Gasteiger partial charge in [-0.15, -0.1) is 0 Å². The monoisotopic (exact) mass is 376 g/mol. The quantitative estimate of drug-likeness (QED) is 0.652. The van der Waals surface area contributed by atoms with Crippen LogP contribution in [-0.4, -0.2) is 28.2 Å². The van der Waals surface area contributed by atoms with Gasteiger partial charge >= 0.3 is 0 Å². The molecule has 2 aromatic carbocycles. The van der Waals surface area contributed by atoms with Gasteiger partial charge in [0.15, 0.2) is 6.10 Å². The SMILES string of the molecule is CC(Oc1ccccc1C#N)C(=O)Nc1ccccc1OCCn1ccnc1. The minimum absolute atomic E-state index is 0.335. The highest BCUT2D eigenvalue weighted by Gasteiger charge is 2.18. The molecule has 28 heavy (non-hydrogen) atoms. The summed E-state index contributed by atoms with van der Waals surface area (Å²) in [6.07, 6.45) is 4.50. The number of ether oxygens (including phenoxy) is 2. The second-order valence-electron chi connectivity index (χ2n) is 6.00. The van der Waals surface area contributed by atoms with Crippen LogP contribution < -0.4 is 14.8 Å². The molecule has 142 valence electrons. The van der Waals surface area contributed by atoms with Gasteiger partial charge in [0.25, 0.3) is 5.91 Å². The van der Waals surface area contributed by atoms with Crippen LogP contribution >= 0.6 is 0 Å². The Kier molecular flexibility index (Phi) is 6.26. The number of amides is 1. The van der Waals surface area contributed by atoms with Crippen LogP contribution in [-0.2, 0) is 11.3 Å². The topological polar surface area (TPSA) is 89.2 Å². The zero-order valence-corrected chi connectivity index (χ0v) is 15.4. The first-order chi connectivity index (χ1) is 13.7. The van der Waals surface area contributed by atoms with Crippen molar-refractivity contribution < 1.29 is 14.3 Å². The summed E-state index contributed by atoms with van der Waals surface area (Å²) in [6.45, 7) is 2.71. The number of para-hydroxylation sites is 3. The van der Waals surface area contributed by atoms with E-state index in [0.29, 0.717) is 35.9 Å². The van der Waals surface area contributed by atoms with E-state index in [-0.39, 0.29) is 5.91 Å². The van der Waals surface area contributed by atoms with Crippen LogP contribution in [0.4, 0.5) is 5.69 Å². The summed E-state index contributed by atoms with van der Waals surface area (Å²) < 4.78 is 13.4. The number of hydrogen-bond acceptors (Lipinski definition) is 5. The molecule has 1 unspecified atom stereocenters. The normalized spacial score (nSPS) is 11.3. The van der Waals surface area contributed by atoms with Crippen molar-refractivity contribution in [2.75, 3.05) is 11.9 Å². The molecule has 3 rings (SSSR count). The van der Waals surface area contributed by atoms with Gasteiger partial charge in [-0.2, -0.15) is 5.26 Å². The molecule has 0 radical (unpaired) electrons. The maximum Gasteiger partial charge on any atom is 0.265 e. The first kappa shape index (κ1) is 19.0. The number of nitrogens with one attached hydrogen (secondary N) is 1. The Bertz CT molecular complexity index is 964. The molecular formula is C21H20N4O3. The van der Waals surface area contributed by atoms with E-state index in [1.165, 1.54) is 0 Å². The third-order valence-corrected chi connectivity index (χ3v) is 3.99. The van der Waals surface area contributed by atoms with E-state index in [9.17, 15) is 4.79 Å². The zero-order valence-electron chi connectivity index (χ0n) is 15.4. The van der Waals surface area contributed by atoms with Crippen LogP contribution in [0.15, 0.2) is 67.3 Å². The van der Waals surface area contributed by atoms with E-state index in [4.69, 9.17) is 14.7 Å². The summed E-state index contributed by atoms with van der Waals surface area (Å²) in [5, 5.41) is 12.0.